The van der Waals surface area contributed by atoms with E-state index in [0.717, 1.165) is 11.1 Å². The van der Waals surface area contributed by atoms with Crippen molar-refractivity contribution in [1.82, 2.24) is 4.98 Å². The molecule has 0 aliphatic carbocycles. The second-order valence-corrected chi connectivity index (χ2v) is 6.28. The summed E-state index contributed by atoms with van der Waals surface area (Å²) in [6, 6.07) is 18.5. The molecule has 1 aromatic heterocycles. The highest BCUT2D eigenvalue weighted by Crippen LogP contribution is 2.32. The Bertz CT molecular complexity index is 1140. The van der Waals surface area contributed by atoms with Crippen LogP contribution in [-0.2, 0) is 4.79 Å². The zero-order chi connectivity index (χ0) is 19.5. The van der Waals surface area contributed by atoms with Crippen molar-refractivity contribution in [2.24, 2.45) is 0 Å². The van der Waals surface area contributed by atoms with Crippen molar-refractivity contribution in [3.63, 3.8) is 0 Å². The molecule has 140 valence electrons. The molecule has 4 aromatic rings. The predicted molar refractivity (Wildman–Crippen MR) is 105 cm³/mol. The number of anilines is 1. The van der Waals surface area contributed by atoms with Crippen LogP contribution >= 0.6 is 0 Å². The summed E-state index contributed by atoms with van der Waals surface area (Å²) in [6.07, 6.45) is 0. The lowest BCUT2D eigenvalue weighted by molar-refractivity contribution is -0.118. The van der Waals surface area contributed by atoms with E-state index in [1.807, 2.05) is 43.3 Å². The standard InChI is InChI=1S/C22H17FN2O3/c1-14-5-4-8-19-21(14)25-22(28-19)17-6-2-3-7-18(17)27-13-20(26)24-16-11-9-15(23)10-12-16/h2-12H,13H2,1H3,(H,24,26). The number of aryl methyl sites for hydroxylation is 1. The minimum absolute atomic E-state index is 0.201. The van der Waals surface area contributed by atoms with E-state index in [-0.39, 0.29) is 18.3 Å². The molecule has 0 fully saturated rings. The third-order valence-corrected chi connectivity index (χ3v) is 4.22. The largest absolute Gasteiger partial charge is 0.483 e. The summed E-state index contributed by atoms with van der Waals surface area (Å²) in [5.41, 5.74) is 3.66. The first-order chi connectivity index (χ1) is 13.6. The fraction of sp³-hybridized carbons (Fsp3) is 0.0909. The Morgan fingerprint density at radius 3 is 2.64 bits per heavy atom. The van der Waals surface area contributed by atoms with Crippen LogP contribution in [-0.4, -0.2) is 17.5 Å². The lowest BCUT2D eigenvalue weighted by Gasteiger charge is -2.10. The van der Waals surface area contributed by atoms with Crippen molar-refractivity contribution in [2.45, 2.75) is 6.92 Å². The van der Waals surface area contributed by atoms with E-state index in [9.17, 15) is 9.18 Å². The van der Waals surface area contributed by atoms with Gasteiger partial charge in [-0.2, -0.15) is 0 Å². The minimum atomic E-state index is -0.364. The van der Waals surface area contributed by atoms with Crippen LogP contribution in [0, 0.1) is 12.7 Å². The summed E-state index contributed by atoms with van der Waals surface area (Å²) in [6.45, 7) is 1.77. The molecular weight excluding hydrogens is 359 g/mol. The van der Waals surface area contributed by atoms with Gasteiger partial charge in [0.15, 0.2) is 12.2 Å². The average molecular weight is 376 g/mol. The van der Waals surface area contributed by atoms with Crippen LogP contribution in [0.15, 0.2) is 71.1 Å². The van der Waals surface area contributed by atoms with Gasteiger partial charge in [0.25, 0.3) is 5.91 Å². The molecule has 28 heavy (non-hydrogen) atoms. The fourth-order valence-electron chi connectivity index (χ4n) is 2.84. The number of hydrogen-bond acceptors (Lipinski definition) is 4. The number of para-hydroxylation sites is 2. The summed E-state index contributed by atoms with van der Waals surface area (Å²) in [5, 5.41) is 2.66. The number of aromatic nitrogens is 1. The van der Waals surface area contributed by atoms with E-state index in [1.165, 1.54) is 24.3 Å². The Morgan fingerprint density at radius 2 is 1.86 bits per heavy atom. The molecule has 4 rings (SSSR count). The number of halogens is 1. The van der Waals surface area contributed by atoms with Gasteiger partial charge in [-0.15, -0.1) is 0 Å². The van der Waals surface area contributed by atoms with Gasteiger partial charge in [0.05, 0.1) is 5.56 Å². The Kier molecular flexibility index (Phi) is 4.76. The Balaban J connectivity index is 1.52. The molecule has 0 saturated carbocycles. The highest BCUT2D eigenvalue weighted by atomic mass is 19.1. The van der Waals surface area contributed by atoms with Gasteiger partial charge in [0.1, 0.15) is 17.1 Å². The number of ether oxygens (including phenoxy) is 1. The quantitative estimate of drug-likeness (QED) is 0.535. The maximum atomic E-state index is 12.9. The topological polar surface area (TPSA) is 64.4 Å². The Morgan fingerprint density at radius 1 is 1.07 bits per heavy atom. The molecule has 1 N–H and O–H groups in total. The van der Waals surface area contributed by atoms with E-state index in [0.29, 0.717) is 28.5 Å². The molecule has 0 aliphatic rings. The molecule has 1 amide bonds. The molecule has 1 heterocycles. The highest BCUT2D eigenvalue weighted by molar-refractivity contribution is 5.92. The van der Waals surface area contributed by atoms with Crippen LogP contribution in [0.2, 0.25) is 0 Å². The van der Waals surface area contributed by atoms with Gasteiger partial charge in [0.2, 0.25) is 5.89 Å². The first-order valence-electron chi connectivity index (χ1n) is 8.74. The van der Waals surface area contributed by atoms with Crippen LogP contribution in [0.5, 0.6) is 5.75 Å². The molecule has 0 saturated heterocycles. The summed E-state index contributed by atoms with van der Waals surface area (Å²) < 4.78 is 24.5. The normalized spacial score (nSPS) is 10.8. The second-order valence-electron chi connectivity index (χ2n) is 6.28. The number of nitrogens with zero attached hydrogens (tertiary/aromatic N) is 1. The van der Waals surface area contributed by atoms with Crippen LogP contribution in [0.3, 0.4) is 0 Å². The third-order valence-electron chi connectivity index (χ3n) is 4.22. The molecule has 0 bridgehead atoms. The smallest absolute Gasteiger partial charge is 0.262 e. The highest BCUT2D eigenvalue weighted by Gasteiger charge is 2.15. The minimum Gasteiger partial charge on any atom is -0.483 e. The van der Waals surface area contributed by atoms with Gasteiger partial charge in [0, 0.05) is 5.69 Å². The number of benzene rings is 3. The molecule has 0 spiro atoms. The number of hydrogen-bond donors (Lipinski definition) is 1. The van der Waals surface area contributed by atoms with Gasteiger partial charge >= 0.3 is 0 Å². The number of carbonyl (C=O) groups is 1. The van der Waals surface area contributed by atoms with E-state index >= 15 is 0 Å². The first-order valence-corrected chi connectivity index (χ1v) is 8.74. The van der Waals surface area contributed by atoms with Crippen molar-refractivity contribution in [2.75, 3.05) is 11.9 Å². The van der Waals surface area contributed by atoms with E-state index in [4.69, 9.17) is 9.15 Å². The summed E-state index contributed by atoms with van der Waals surface area (Å²) in [4.78, 5) is 16.7. The Labute approximate surface area is 160 Å². The van der Waals surface area contributed by atoms with Gasteiger partial charge in [-0.3, -0.25) is 4.79 Å². The number of nitrogens with one attached hydrogen (secondary N) is 1. The molecule has 0 atom stereocenters. The molecule has 6 heteroatoms. The Hall–Kier alpha value is -3.67. The van der Waals surface area contributed by atoms with Crippen molar-refractivity contribution in [3.05, 3.63) is 78.1 Å². The van der Waals surface area contributed by atoms with E-state index in [1.54, 1.807) is 6.07 Å². The number of oxazole rings is 1. The maximum Gasteiger partial charge on any atom is 0.262 e. The second kappa shape index (κ2) is 7.52. The van der Waals surface area contributed by atoms with Gasteiger partial charge < -0.3 is 14.5 Å². The SMILES string of the molecule is Cc1cccc2oc(-c3ccccc3OCC(=O)Nc3ccc(F)cc3)nc12. The number of amides is 1. The lowest BCUT2D eigenvalue weighted by Crippen LogP contribution is -2.20. The summed E-state index contributed by atoms with van der Waals surface area (Å²) in [5.74, 6) is 0.200. The number of fused-ring (bicyclic) bond motifs is 1. The lowest BCUT2D eigenvalue weighted by atomic mass is 10.2. The van der Waals surface area contributed by atoms with Crippen molar-refractivity contribution in [3.8, 4) is 17.2 Å². The summed E-state index contributed by atoms with van der Waals surface area (Å²) in [7, 11) is 0. The average Bonchev–Trinajstić information content (AvgIpc) is 3.14. The van der Waals surface area contributed by atoms with Gasteiger partial charge in [-0.25, -0.2) is 9.37 Å². The van der Waals surface area contributed by atoms with Crippen molar-refractivity contribution in [1.29, 1.82) is 0 Å². The number of rotatable bonds is 5. The fourth-order valence-corrected chi connectivity index (χ4v) is 2.84. The predicted octanol–water partition coefficient (Wildman–Crippen LogP) is 4.96. The molecule has 3 aromatic carbocycles. The summed E-state index contributed by atoms with van der Waals surface area (Å²) >= 11 is 0. The molecular formula is C22H17FN2O3. The third kappa shape index (κ3) is 3.71. The zero-order valence-corrected chi connectivity index (χ0v) is 15.1. The first kappa shape index (κ1) is 17.7. The van der Waals surface area contributed by atoms with Crippen LogP contribution in [0.1, 0.15) is 5.56 Å². The van der Waals surface area contributed by atoms with Crippen LogP contribution in [0.25, 0.3) is 22.6 Å². The van der Waals surface area contributed by atoms with E-state index in [2.05, 4.69) is 10.3 Å². The van der Waals surface area contributed by atoms with Crippen LogP contribution < -0.4 is 10.1 Å². The number of carbonyl (C=O) groups excluding carboxylic acids is 1. The maximum absolute atomic E-state index is 12.9. The molecule has 0 aliphatic heterocycles. The van der Waals surface area contributed by atoms with Crippen molar-refractivity contribution < 1.29 is 18.3 Å². The van der Waals surface area contributed by atoms with Crippen molar-refractivity contribution >= 4 is 22.7 Å². The van der Waals surface area contributed by atoms with Gasteiger partial charge in [-0.05, 0) is 55.0 Å². The molecule has 5 nitrogen and oxygen atoms in total. The monoisotopic (exact) mass is 376 g/mol. The molecule has 0 unspecified atom stereocenters. The van der Waals surface area contributed by atoms with Gasteiger partial charge in [-0.1, -0.05) is 24.3 Å². The van der Waals surface area contributed by atoms with E-state index < -0.39 is 0 Å². The molecule has 0 radical (unpaired) electrons. The van der Waals surface area contributed by atoms with Crippen LogP contribution in [0.4, 0.5) is 10.1 Å². The zero-order valence-electron chi connectivity index (χ0n) is 15.1.